The molecule has 1 saturated heterocycles. The summed E-state index contributed by atoms with van der Waals surface area (Å²) in [7, 11) is 3.98. The van der Waals surface area contributed by atoms with Crippen molar-refractivity contribution in [3.63, 3.8) is 0 Å². The van der Waals surface area contributed by atoms with E-state index in [2.05, 4.69) is 11.9 Å². The SMILES string of the molecule is CC(=O)c1ccc(C(=O)N(C)C2CCN(C)CC2)cc1. The fourth-order valence-electron chi connectivity index (χ4n) is 2.60. The van der Waals surface area contributed by atoms with Crippen molar-refractivity contribution >= 4 is 11.7 Å². The average Bonchev–Trinajstić information content (AvgIpc) is 2.46. The minimum Gasteiger partial charge on any atom is -0.339 e. The van der Waals surface area contributed by atoms with Gasteiger partial charge in [0.1, 0.15) is 0 Å². The van der Waals surface area contributed by atoms with Crippen LogP contribution in [0.4, 0.5) is 0 Å². The van der Waals surface area contributed by atoms with Crippen LogP contribution in [0.5, 0.6) is 0 Å². The number of hydrogen-bond acceptors (Lipinski definition) is 3. The molecule has 1 aromatic rings. The molecule has 0 aliphatic carbocycles. The van der Waals surface area contributed by atoms with Gasteiger partial charge in [-0.3, -0.25) is 9.59 Å². The molecule has 0 unspecified atom stereocenters. The molecule has 0 radical (unpaired) electrons. The van der Waals surface area contributed by atoms with Crippen molar-refractivity contribution in [3.8, 4) is 0 Å². The van der Waals surface area contributed by atoms with Crippen molar-refractivity contribution in [1.29, 1.82) is 0 Å². The number of piperidine rings is 1. The van der Waals surface area contributed by atoms with Gasteiger partial charge in [0.25, 0.3) is 5.91 Å². The summed E-state index contributed by atoms with van der Waals surface area (Å²) < 4.78 is 0. The molecule has 0 bridgehead atoms. The van der Waals surface area contributed by atoms with Crippen LogP contribution in [0.15, 0.2) is 24.3 Å². The lowest BCUT2D eigenvalue weighted by molar-refractivity contribution is 0.0659. The van der Waals surface area contributed by atoms with Crippen molar-refractivity contribution in [2.75, 3.05) is 27.2 Å². The lowest BCUT2D eigenvalue weighted by atomic mass is 10.0. The molecule has 1 heterocycles. The van der Waals surface area contributed by atoms with E-state index in [-0.39, 0.29) is 11.7 Å². The van der Waals surface area contributed by atoms with Crippen LogP contribution in [0.1, 0.15) is 40.5 Å². The Hall–Kier alpha value is -1.68. The normalized spacial score (nSPS) is 16.9. The second-order valence-corrected chi connectivity index (χ2v) is 5.58. The van der Waals surface area contributed by atoms with E-state index in [1.54, 1.807) is 24.3 Å². The number of carbonyl (C=O) groups is 2. The Bertz CT molecular complexity index is 488. The second kappa shape index (κ2) is 6.18. The average molecular weight is 274 g/mol. The van der Waals surface area contributed by atoms with Gasteiger partial charge in [-0.05, 0) is 52.0 Å². The highest BCUT2D eigenvalue weighted by Crippen LogP contribution is 2.17. The molecule has 0 N–H and O–H groups in total. The summed E-state index contributed by atoms with van der Waals surface area (Å²) in [5.74, 6) is 0.0577. The summed E-state index contributed by atoms with van der Waals surface area (Å²) in [6.07, 6.45) is 2.04. The first-order valence-electron chi connectivity index (χ1n) is 7.05. The first-order valence-corrected chi connectivity index (χ1v) is 7.05. The standard InChI is InChI=1S/C16H22N2O2/c1-12(19)13-4-6-14(7-5-13)16(20)18(3)15-8-10-17(2)11-9-15/h4-7,15H,8-11H2,1-3H3. The highest BCUT2D eigenvalue weighted by atomic mass is 16.2. The predicted octanol–water partition coefficient (Wildman–Crippen LogP) is 2.06. The number of rotatable bonds is 3. The third-order valence-corrected chi connectivity index (χ3v) is 4.09. The Morgan fingerprint density at radius 1 is 1.10 bits per heavy atom. The quantitative estimate of drug-likeness (QED) is 0.792. The van der Waals surface area contributed by atoms with Gasteiger partial charge in [0.2, 0.25) is 0 Å². The highest BCUT2D eigenvalue weighted by molar-refractivity contribution is 5.97. The molecule has 108 valence electrons. The van der Waals surface area contributed by atoms with Gasteiger partial charge in [0.15, 0.2) is 5.78 Å². The molecule has 1 fully saturated rings. The third kappa shape index (κ3) is 3.25. The number of nitrogens with zero attached hydrogens (tertiary/aromatic N) is 2. The second-order valence-electron chi connectivity index (χ2n) is 5.58. The number of amides is 1. The summed E-state index contributed by atoms with van der Waals surface area (Å²) in [5.41, 5.74) is 1.29. The van der Waals surface area contributed by atoms with E-state index in [4.69, 9.17) is 0 Å². The number of benzene rings is 1. The Morgan fingerprint density at radius 2 is 1.60 bits per heavy atom. The monoisotopic (exact) mass is 274 g/mol. The molecule has 1 amide bonds. The van der Waals surface area contributed by atoms with E-state index >= 15 is 0 Å². The maximum absolute atomic E-state index is 12.4. The molecular weight excluding hydrogens is 252 g/mol. The van der Waals surface area contributed by atoms with Crippen LogP contribution in [0.25, 0.3) is 0 Å². The van der Waals surface area contributed by atoms with E-state index < -0.39 is 0 Å². The third-order valence-electron chi connectivity index (χ3n) is 4.09. The smallest absolute Gasteiger partial charge is 0.253 e. The zero-order chi connectivity index (χ0) is 14.7. The van der Waals surface area contributed by atoms with E-state index in [0.717, 1.165) is 25.9 Å². The minimum absolute atomic E-state index is 0.0210. The van der Waals surface area contributed by atoms with E-state index in [0.29, 0.717) is 17.2 Å². The molecular formula is C16H22N2O2. The zero-order valence-corrected chi connectivity index (χ0v) is 12.4. The Balaban J connectivity index is 2.04. The molecule has 4 heteroatoms. The van der Waals surface area contributed by atoms with Crippen molar-refractivity contribution in [3.05, 3.63) is 35.4 Å². The first kappa shape index (κ1) is 14.7. The molecule has 0 atom stereocenters. The van der Waals surface area contributed by atoms with Crippen molar-refractivity contribution in [2.24, 2.45) is 0 Å². The van der Waals surface area contributed by atoms with Crippen LogP contribution < -0.4 is 0 Å². The van der Waals surface area contributed by atoms with Crippen LogP contribution >= 0.6 is 0 Å². The molecule has 1 aromatic carbocycles. The van der Waals surface area contributed by atoms with Crippen molar-refractivity contribution in [2.45, 2.75) is 25.8 Å². The lowest BCUT2D eigenvalue weighted by Crippen LogP contribution is -2.44. The molecule has 0 aromatic heterocycles. The molecule has 4 nitrogen and oxygen atoms in total. The Morgan fingerprint density at radius 3 is 2.10 bits per heavy atom. The number of ketones is 1. The summed E-state index contributed by atoms with van der Waals surface area (Å²) >= 11 is 0. The molecule has 0 spiro atoms. The van der Waals surface area contributed by atoms with Crippen LogP contribution in [-0.2, 0) is 0 Å². The molecule has 2 rings (SSSR count). The highest BCUT2D eigenvalue weighted by Gasteiger charge is 2.24. The van der Waals surface area contributed by atoms with E-state index in [1.165, 1.54) is 6.92 Å². The maximum Gasteiger partial charge on any atom is 0.253 e. The van der Waals surface area contributed by atoms with Crippen molar-refractivity contribution in [1.82, 2.24) is 9.80 Å². The van der Waals surface area contributed by atoms with Gasteiger partial charge in [-0.2, -0.15) is 0 Å². The summed E-state index contributed by atoms with van der Waals surface area (Å²) in [6.45, 7) is 3.60. The number of likely N-dealkylation sites (tertiary alicyclic amines) is 1. The summed E-state index contributed by atoms with van der Waals surface area (Å²) in [4.78, 5) is 27.8. The fourth-order valence-corrected chi connectivity index (χ4v) is 2.60. The van der Waals surface area contributed by atoms with Gasteiger partial charge in [-0.15, -0.1) is 0 Å². The molecule has 1 aliphatic rings. The largest absolute Gasteiger partial charge is 0.339 e. The van der Waals surface area contributed by atoms with Gasteiger partial charge in [0.05, 0.1) is 0 Å². The van der Waals surface area contributed by atoms with Gasteiger partial charge in [0, 0.05) is 24.2 Å². The number of carbonyl (C=O) groups excluding carboxylic acids is 2. The Kier molecular flexibility index (Phi) is 4.55. The predicted molar refractivity (Wildman–Crippen MR) is 79.1 cm³/mol. The minimum atomic E-state index is 0.0210. The lowest BCUT2D eigenvalue weighted by Gasteiger charge is -2.35. The van der Waals surface area contributed by atoms with Crippen LogP contribution in [0.2, 0.25) is 0 Å². The van der Waals surface area contributed by atoms with Crippen LogP contribution in [0.3, 0.4) is 0 Å². The van der Waals surface area contributed by atoms with Crippen LogP contribution in [-0.4, -0.2) is 54.7 Å². The Labute approximate surface area is 120 Å². The molecule has 20 heavy (non-hydrogen) atoms. The molecule has 0 saturated carbocycles. The number of hydrogen-bond donors (Lipinski definition) is 0. The maximum atomic E-state index is 12.4. The van der Waals surface area contributed by atoms with E-state index in [1.807, 2.05) is 11.9 Å². The topological polar surface area (TPSA) is 40.6 Å². The van der Waals surface area contributed by atoms with Gasteiger partial charge < -0.3 is 9.80 Å². The van der Waals surface area contributed by atoms with E-state index in [9.17, 15) is 9.59 Å². The van der Waals surface area contributed by atoms with Gasteiger partial charge in [-0.1, -0.05) is 12.1 Å². The van der Waals surface area contributed by atoms with Gasteiger partial charge >= 0.3 is 0 Å². The zero-order valence-electron chi connectivity index (χ0n) is 12.4. The fraction of sp³-hybridized carbons (Fsp3) is 0.500. The van der Waals surface area contributed by atoms with Gasteiger partial charge in [-0.25, -0.2) is 0 Å². The summed E-state index contributed by atoms with van der Waals surface area (Å²) in [6, 6.07) is 7.23. The number of Topliss-reactive ketones (excluding diaryl/α,β-unsaturated/α-hetero) is 1. The first-order chi connectivity index (χ1) is 9.49. The van der Waals surface area contributed by atoms with Crippen LogP contribution in [0, 0.1) is 0 Å². The van der Waals surface area contributed by atoms with Crippen molar-refractivity contribution < 1.29 is 9.59 Å². The molecule has 1 aliphatic heterocycles. The summed E-state index contributed by atoms with van der Waals surface area (Å²) in [5, 5.41) is 0.